The molecule has 1 heterocycles. The number of aromatic nitrogens is 1. The lowest BCUT2D eigenvalue weighted by molar-refractivity contribution is -0.127. The quantitative estimate of drug-likeness (QED) is 0.540. The van der Waals surface area contributed by atoms with E-state index in [0.29, 0.717) is 19.0 Å². The zero-order valence-electron chi connectivity index (χ0n) is 17.2. The van der Waals surface area contributed by atoms with Crippen molar-refractivity contribution in [1.29, 1.82) is 0 Å². The number of hydrogen-bond acceptors (Lipinski definition) is 5. The molecule has 0 unspecified atom stereocenters. The molecule has 8 heteroatoms. The monoisotopic (exact) mass is 403 g/mol. The molecule has 2 rings (SSSR count). The fourth-order valence-electron chi connectivity index (χ4n) is 2.51. The van der Waals surface area contributed by atoms with Crippen LogP contribution in [0.1, 0.15) is 16.3 Å². The van der Waals surface area contributed by atoms with Gasteiger partial charge < -0.3 is 19.9 Å². The van der Waals surface area contributed by atoms with Crippen molar-refractivity contribution < 1.29 is 9.53 Å². The molecule has 0 fully saturated rings. The largest absolute Gasteiger partial charge is 0.497 e. The average Bonchev–Trinajstić information content (AvgIpc) is 3.09. The van der Waals surface area contributed by atoms with E-state index in [0.717, 1.165) is 22.9 Å². The third kappa shape index (κ3) is 6.84. The Bertz CT molecular complexity index is 786. The first-order valence-corrected chi connectivity index (χ1v) is 10.0. The summed E-state index contributed by atoms with van der Waals surface area (Å²) in [6.07, 6.45) is 0.842. The number of benzene rings is 1. The molecule has 0 aliphatic rings. The summed E-state index contributed by atoms with van der Waals surface area (Å²) in [7, 11) is 7.08. The van der Waals surface area contributed by atoms with Gasteiger partial charge in [-0.3, -0.25) is 4.79 Å². The molecule has 0 saturated heterocycles. The second kappa shape index (κ2) is 10.7. The van der Waals surface area contributed by atoms with Crippen molar-refractivity contribution >= 4 is 23.2 Å². The van der Waals surface area contributed by atoms with Crippen molar-refractivity contribution in [2.45, 2.75) is 19.9 Å². The number of hydrogen-bond donors (Lipinski definition) is 1. The third-order valence-corrected chi connectivity index (χ3v) is 4.97. The number of rotatable bonds is 8. The molecule has 0 atom stereocenters. The Labute approximate surface area is 171 Å². The van der Waals surface area contributed by atoms with E-state index in [1.54, 1.807) is 37.4 Å². The number of thiazole rings is 1. The van der Waals surface area contributed by atoms with E-state index in [1.807, 2.05) is 36.4 Å². The summed E-state index contributed by atoms with van der Waals surface area (Å²) in [6, 6.07) is 8.01. The Morgan fingerprint density at radius 3 is 2.54 bits per heavy atom. The first-order valence-electron chi connectivity index (χ1n) is 9.12. The number of nitrogens with zero attached hydrogens (tertiary/aromatic N) is 4. The number of nitrogens with one attached hydrogen (secondary N) is 1. The van der Waals surface area contributed by atoms with Crippen LogP contribution in [0.5, 0.6) is 5.75 Å². The normalized spacial score (nSPS) is 11.2. The van der Waals surface area contributed by atoms with E-state index in [-0.39, 0.29) is 12.5 Å². The summed E-state index contributed by atoms with van der Waals surface area (Å²) in [4.78, 5) is 24.5. The Morgan fingerprint density at radius 2 is 1.96 bits per heavy atom. The number of ether oxygens (including phenoxy) is 1. The summed E-state index contributed by atoms with van der Waals surface area (Å²) in [5.74, 6) is 1.50. The van der Waals surface area contributed by atoms with Crippen LogP contribution in [0.3, 0.4) is 0 Å². The van der Waals surface area contributed by atoms with Crippen molar-refractivity contribution in [3.05, 3.63) is 45.9 Å². The molecule has 2 aromatic rings. The number of carbonyl (C=O) groups is 1. The summed E-state index contributed by atoms with van der Waals surface area (Å²) >= 11 is 1.63. The van der Waals surface area contributed by atoms with Gasteiger partial charge >= 0.3 is 0 Å². The maximum Gasteiger partial charge on any atom is 0.243 e. The first-order chi connectivity index (χ1) is 13.4. The maximum atomic E-state index is 11.9. The highest BCUT2D eigenvalue weighted by molar-refractivity contribution is 7.09. The van der Waals surface area contributed by atoms with Crippen LogP contribution in [0.4, 0.5) is 0 Å². The van der Waals surface area contributed by atoms with Crippen molar-refractivity contribution in [2.75, 3.05) is 41.3 Å². The number of methoxy groups -OCH3 is 1. The second-order valence-corrected chi connectivity index (χ2v) is 7.73. The zero-order valence-corrected chi connectivity index (χ0v) is 18.0. The standard InChI is InChI=1S/C20H29N5O2S/c1-15-23-17(14-28-15)13-25(4)20(22-12-19(26)24(2)3)21-11-10-16-6-8-18(27-5)9-7-16/h6-9,14H,10-13H2,1-5H3,(H,21,22). The van der Waals surface area contributed by atoms with Gasteiger partial charge in [0.05, 0.1) is 24.4 Å². The smallest absolute Gasteiger partial charge is 0.243 e. The molecule has 0 aliphatic carbocycles. The lowest BCUT2D eigenvalue weighted by atomic mass is 10.1. The van der Waals surface area contributed by atoms with E-state index >= 15 is 0 Å². The first kappa shape index (κ1) is 21.7. The van der Waals surface area contributed by atoms with E-state index in [1.165, 1.54) is 5.56 Å². The maximum absolute atomic E-state index is 11.9. The fraction of sp³-hybridized carbons (Fsp3) is 0.450. The predicted octanol–water partition coefficient (Wildman–Crippen LogP) is 2.17. The molecule has 1 amide bonds. The van der Waals surface area contributed by atoms with E-state index in [9.17, 15) is 4.79 Å². The van der Waals surface area contributed by atoms with Crippen LogP contribution in [0, 0.1) is 6.92 Å². The molecular weight excluding hydrogens is 374 g/mol. The van der Waals surface area contributed by atoms with E-state index in [2.05, 4.69) is 27.4 Å². The number of carbonyl (C=O) groups excluding carboxylic acids is 1. The highest BCUT2D eigenvalue weighted by Crippen LogP contribution is 2.12. The van der Waals surface area contributed by atoms with Crippen LogP contribution in [0.25, 0.3) is 0 Å². The van der Waals surface area contributed by atoms with Crippen LogP contribution < -0.4 is 10.1 Å². The lowest BCUT2D eigenvalue weighted by Crippen LogP contribution is -2.40. The molecule has 0 saturated carbocycles. The summed E-state index contributed by atoms with van der Waals surface area (Å²) in [6.45, 7) is 3.45. The van der Waals surface area contributed by atoms with Gasteiger partial charge in [0.1, 0.15) is 12.3 Å². The van der Waals surface area contributed by atoms with Gasteiger partial charge in [-0.1, -0.05) is 12.1 Å². The number of amides is 1. The minimum Gasteiger partial charge on any atom is -0.497 e. The summed E-state index contributed by atoms with van der Waals surface area (Å²) < 4.78 is 5.19. The average molecular weight is 404 g/mol. The summed E-state index contributed by atoms with van der Waals surface area (Å²) in [5, 5.41) is 6.45. The van der Waals surface area contributed by atoms with Gasteiger partial charge in [0.15, 0.2) is 5.96 Å². The van der Waals surface area contributed by atoms with Crippen LogP contribution in [-0.2, 0) is 17.8 Å². The molecule has 0 spiro atoms. The molecule has 152 valence electrons. The minimum atomic E-state index is -0.0349. The zero-order chi connectivity index (χ0) is 20.5. The lowest BCUT2D eigenvalue weighted by Gasteiger charge is -2.22. The van der Waals surface area contributed by atoms with Crippen LogP contribution >= 0.6 is 11.3 Å². The van der Waals surface area contributed by atoms with Gasteiger partial charge in [0.2, 0.25) is 5.91 Å². The fourth-order valence-corrected chi connectivity index (χ4v) is 3.11. The Hall–Kier alpha value is -2.61. The van der Waals surface area contributed by atoms with Crippen molar-refractivity contribution in [3.8, 4) is 5.75 Å². The highest BCUT2D eigenvalue weighted by Gasteiger charge is 2.11. The summed E-state index contributed by atoms with van der Waals surface area (Å²) in [5.41, 5.74) is 2.20. The number of aliphatic imine (C=N–C) groups is 1. The molecule has 0 aliphatic heterocycles. The second-order valence-electron chi connectivity index (χ2n) is 6.67. The predicted molar refractivity (Wildman–Crippen MR) is 114 cm³/mol. The van der Waals surface area contributed by atoms with Gasteiger partial charge in [-0.25, -0.2) is 9.98 Å². The molecular formula is C20H29N5O2S. The molecule has 28 heavy (non-hydrogen) atoms. The molecule has 1 N–H and O–H groups in total. The molecule has 0 bridgehead atoms. The van der Waals surface area contributed by atoms with Crippen LogP contribution in [0.15, 0.2) is 34.6 Å². The molecule has 0 radical (unpaired) electrons. The van der Waals surface area contributed by atoms with Gasteiger partial charge in [-0.15, -0.1) is 11.3 Å². The van der Waals surface area contributed by atoms with Gasteiger partial charge in [0.25, 0.3) is 0 Å². The van der Waals surface area contributed by atoms with Gasteiger partial charge in [0, 0.05) is 33.1 Å². The SMILES string of the molecule is COc1ccc(CCNC(=NCC(=O)N(C)C)N(C)Cc2csc(C)n2)cc1. The highest BCUT2D eigenvalue weighted by atomic mass is 32.1. The van der Waals surface area contributed by atoms with E-state index < -0.39 is 0 Å². The number of likely N-dealkylation sites (N-methyl/N-ethyl adjacent to an activating group) is 1. The van der Waals surface area contributed by atoms with Crippen molar-refractivity contribution in [1.82, 2.24) is 20.1 Å². The Balaban J connectivity index is 1.99. The molecule has 1 aromatic carbocycles. The number of guanidine groups is 1. The van der Waals surface area contributed by atoms with E-state index in [4.69, 9.17) is 4.74 Å². The third-order valence-electron chi connectivity index (χ3n) is 4.15. The van der Waals surface area contributed by atoms with Gasteiger partial charge in [-0.05, 0) is 31.0 Å². The Morgan fingerprint density at radius 1 is 1.25 bits per heavy atom. The van der Waals surface area contributed by atoms with Crippen molar-refractivity contribution in [2.24, 2.45) is 4.99 Å². The van der Waals surface area contributed by atoms with Crippen molar-refractivity contribution in [3.63, 3.8) is 0 Å². The Kier molecular flexibility index (Phi) is 8.25. The van der Waals surface area contributed by atoms with Crippen LogP contribution in [0.2, 0.25) is 0 Å². The molecule has 1 aromatic heterocycles. The van der Waals surface area contributed by atoms with Crippen LogP contribution in [-0.4, -0.2) is 68.0 Å². The minimum absolute atomic E-state index is 0.0349. The number of aryl methyl sites for hydroxylation is 1. The van der Waals surface area contributed by atoms with Gasteiger partial charge in [-0.2, -0.15) is 0 Å². The topological polar surface area (TPSA) is 70.1 Å². The molecule has 7 nitrogen and oxygen atoms in total.